The lowest BCUT2D eigenvalue weighted by Crippen LogP contribution is -2.53. The molecule has 2 rings (SSSR count). The fourth-order valence-corrected chi connectivity index (χ4v) is 2.88. The van der Waals surface area contributed by atoms with Crippen LogP contribution in [0.5, 0.6) is 0 Å². The molecular formula is C16H23NO3. The van der Waals surface area contributed by atoms with Gasteiger partial charge in [0.05, 0.1) is 18.6 Å². The fraction of sp³-hybridized carbons (Fsp3) is 0.562. The number of benzene rings is 1. The number of ether oxygens (including phenoxy) is 1. The van der Waals surface area contributed by atoms with Gasteiger partial charge >= 0.3 is 5.97 Å². The van der Waals surface area contributed by atoms with Gasteiger partial charge in [0.25, 0.3) is 0 Å². The van der Waals surface area contributed by atoms with Gasteiger partial charge in [-0.25, -0.2) is 0 Å². The van der Waals surface area contributed by atoms with Gasteiger partial charge in [0, 0.05) is 13.1 Å². The summed E-state index contributed by atoms with van der Waals surface area (Å²) in [6.45, 7) is 4.01. The molecule has 4 nitrogen and oxygen atoms in total. The Morgan fingerprint density at radius 2 is 2.15 bits per heavy atom. The first-order chi connectivity index (χ1) is 9.55. The number of nitrogens with zero attached hydrogens (tertiary/aromatic N) is 1. The van der Waals surface area contributed by atoms with Crippen LogP contribution in [-0.4, -0.2) is 41.8 Å². The number of methoxy groups -OCH3 is 1. The third kappa shape index (κ3) is 3.38. The van der Waals surface area contributed by atoms with E-state index in [4.69, 9.17) is 4.74 Å². The molecule has 1 aliphatic rings. The average molecular weight is 277 g/mol. The normalized spacial score (nSPS) is 25.1. The highest BCUT2D eigenvalue weighted by atomic mass is 16.5. The summed E-state index contributed by atoms with van der Waals surface area (Å²) >= 11 is 0. The maximum atomic E-state index is 11.7. The molecule has 0 aromatic heterocycles. The predicted molar refractivity (Wildman–Crippen MR) is 77.1 cm³/mol. The minimum Gasteiger partial charge on any atom is -0.469 e. The molecule has 0 saturated carbocycles. The molecule has 2 atom stereocenters. The van der Waals surface area contributed by atoms with E-state index in [1.807, 2.05) is 18.2 Å². The summed E-state index contributed by atoms with van der Waals surface area (Å²) in [5.74, 6) is -0.833. The van der Waals surface area contributed by atoms with Crippen LogP contribution in [0.15, 0.2) is 30.3 Å². The maximum Gasteiger partial charge on any atom is 0.311 e. The highest BCUT2D eigenvalue weighted by Gasteiger charge is 2.42. The van der Waals surface area contributed by atoms with Gasteiger partial charge in [0.1, 0.15) is 0 Å². The second kappa shape index (κ2) is 6.37. The smallest absolute Gasteiger partial charge is 0.311 e. The minimum atomic E-state index is -0.986. The molecule has 0 bridgehead atoms. The number of rotatable bonds is 4. The Labute approximate surface area is 120 Å². The van der Waals surface area contributed by atoms with E-state index >= 15 is 0 Å². The number of β-amino-alcohol motifs (C(OH)–C–C–N with tert-alkyl or cyclic N) is 1. The standard InChI is InChI=1S/C16H23NO3/c1-13(15(18)20-2)16(19)9-6-10-17(12-16)11-14-7-4-3-5-8-14/h3-5,7-8,13,19H,6,9-12H2,1-2H3. The van der Waals surface area contributed by atoms with E-state index in [2.05, 4.69) is 17.0 Å². The summed E-state index contributed by atoms with van der Waals surface area (Å²) in [5, 5.41) is 10.7. The van der Waals surface area contributed by atoms with Crippen LogP contribution < -0.4 is 0 Å². The second-order valence-electron chi connectivity index (χ2n) is 5.65. The van der Waals surface area contributed by atoms with Crippen LogP contribution in [-0.2, 0) is 16.1 Å². The van der Waals surface area contributed by atoms with Crippen LogP contribution in [0, 0.1) is 5.92 Å². The summed E-state index contributed by atoms with van der Waals surface area (Å²) in [6.07, 6.45) is 1.54. The zero-order valence-corrected chi connectivity index (χ0v) is 12.2. The number of hydrogen-bond acceptors (Lipinski definition) is 4. The Balaban J connectivity index is 2.02. The lowest BCUT2D eigenvalue weighted by atomic mass is 9.81. The SMILES string of the molecule is COC(=O)C(C)C1(O)CCCN(Cc2ccccc2)C1. The van der Waals surface area contributed by atoms with E-state index in [0.717, 1.165) is 19.5 Å². The number of piperidine rings is 1. The molecule has 2 unspecified atom stereocenters. The van der Waals surface area contributed by atoms with E-state index in [0.29, 0.717) is 13.0 Å². The highest BCUT2D eigenvalue weighted by molar-refractivity contribution is 5.73. The lowest BCUT2D eigenvalue weighted by molar-refractivity contribution is -0.159. The van der Waals surface area contributed by atoms with Crippen LogP contribution in [0.1, 0.15) is 25.3 Å². The molecule has 1 aliphatic heterocycles. The van der Waals surface area contributed by atoms with Gasteiger partial charge in [0.2, 0.25) is 0 Å². The quantitative estimate of drug-likeness (QED) is 0.853. The van der Waals surface area contributed by atoms with Crippen LogP contribution in [0.4, 0.5) is 0 Å². The Morgan fingerprint density at radius 1 is 1.45 bits per heavy atom. The molecule has 1 N–H and O–H groups in total. The largest absolute Gasteiger partial charge is 0.469 e. The van der Waals surface area contributed by atoms with Crippen molar-refractivity contribution in [3.05, 3.63) is 35.9 Å². The molecule has 0 radical (unpaired) electrons. The van der Waals surface area contributed by atoms with E-state index < -0.39 is 11.5 Å². The summed E-state index contributed by atoms with van der Waals surface area (Å²) < 4.78 is 4.77. The Kier molecular flexibility index (Phi) is 4.78. The molecule has 1 heterocycles. The molecule has 0 aliphatic carbocycles. The molecule has 0 amide bonds. The van der Waals surface area contributed by atoms with Gasteiger partial charge in [-0.3, -0.25) is 9.69 Å². The zero-order chi connectivity index (χ0) is 14.6. The van der Waals surface area contributed by atoms with Crippen molar-refractivity contribution in [1.29, 1.82) is 0 Å². The first kappa shape index (κ1) is 15.0. The van der Waals surface area contributed by atoms with Crippen LogP contribution >= 0.6 is 0 Å². The second-order valence-corrected chi connectivity index (χ2v) is 5.65. The average Bonchev–Trinajstić information content (AvgIpc) is 2.47. The predicted octanol–water partition coefficient (Wildman–Crippen LogP) is 1.82. The van der Waals surface area contributed by atoms with Gasteiger partial charge in [-0.1, -0.05) is 30.3 Å². The monoisotopic (exact) mass is 277 g/mol. The highest BCUT2D eigenvalue weighted by Crippen LogP contribution is 2.30. The van der Waals surface area contributed by atoms with E-state index in [1.165, 1.54) is 12.7 Å². The summed E-state index contributed by atoms with van der Waals surface area (Å²) in [6, 6.07) is 10.2. The Bertz CT molecular complexity index is 448. The van der Waals surface area contributed by atoms with Crippen LogP contribution in [0.2, 0.25) is 0 Å². The molecule has 1 aromatic carbocycles. The van der Waals surface area contributed by atoms with E-state index in [1.54, 1.807) is 6.92 Å². The maximum absolute atomic E-state index is 11.7. The van der Waals surface area contributed by atoms with Gasteiger partial charge < -0.3 is 9.84 Å². The number of aliphatic hydroxyl groups is 1. The van der Waals surface area contributed by atoms with Crippen LogP contribution in [0.25, 0.3) is 0 Å². The number of likely N-dealkylation sites (tertiary alicyclic amines) is 1. The first-order valence-electron chi connectivity index (χ1n) is 7.11. The van der Waals surface area contributed by atoms with Gasteiger partial charge in [-0.2, -0.15) is 0 Å². The molecule has 4 heteroatoms. The van der Waals surface area contributed by atoms with Gasteiger partial charge in [-0.05, 0) is 31.9 Å². The third-order valence-electron chi connectivity index (χ3n) is 4.19. The van der Waals surface area contributed by atoms with Crippen molar-refractivity contribution in [2.75, 3.05) is 20.2 Å². The van der Waals surface area contributed by atoms with Crippen LogP contribution in [0.3, 0.4) is 0 Å². The molecule has 110 valence electrons. The Hall–Kier alpha value is -1.39. The molecule has 1 fully saturated rings. The summed E-state index contributed by atoms with van der Waals surface area (Å²) in [7, 11) is 1.37. The van der Waals surface area contributed by atoms with Crippen molar-refractivity contribution in [2.45, 2.75) is 31.9 Å². The van der Waals surface area contributed by atoms with Gasteiger partial charge in [-0.15, -0.1) is 0 Å². The zero-order valence-electron chi connectivity index (χ0n) is 12.2. The van der Waals surface area contributed by atoms with E-state index in [-0.39, 0.29) is 5.97 Å². The third-order valence-corrected chi connectivity index (χ3v) is 4.19. The molecular weight excluding hydrogens is 254 g/mol. The topological polar surface area (TPSA) is 49.8 Å². The molecule has 1 saturated heterocycles. The fourth-order valence-electron chi connectivity index (χ4n) is 2.88. The number of carbonyl (C=O) groups is 1. The summed E-state index contributed by atoms with van der Waals surface area (Å²) in [4.78, 5) is 13.9. The van der Waals surface area contributed by atoms with Crippen molar-refractivity contribution in [2.24, 2.45) is 5.92 Å². The van der Waals surface area contributed by atoms with Crippen molar-refractivity contribution in [3.63, 3.8) is 0 Å². The summed E-state index contributed by atoms with van der Waals surface area (Å²) in [5.41, 5.74) is 0.239. The number of hydrogen-bond donors (Lipinski definition) is 1. The van der Waals surface area contributed by atoms with Crippen molar-refractivity contribution < 1.29 is 14.6 Å². The van der Waals surface area contributed by atoms with Crippen molar-refractivity contribution in [3.8, 4) is 0 Å². The molecule has 0 spiro atoms. The Morgan fingerprint density at radius 3 is 2.80 bits per heavy atom. The van der Waals surface area contributed by atoms with E-state index in [9.17, 15) is 9.90 Å². The number of esters is 1. The van der Waals surface area contributed by atoms with Gasteiger partial charge in [0.15, 0.2) is 0 Å². The molecule has 1 aromatic rings. The van der Waals surface area contributed by atoms with Crippen molar-refractivity contribution >= 4 is 5.97 Å². The molecule has 20 heavy (non-hydrogen) atoms. The van der Waals surface area contributed by atoms with Crippen molar-refractivity contribution in [1.82, 2.24) is 4.90 Å². The minimum absolute atomic E-state index is 0.339. The first-order valence-corrected chi connectivity index (χ1v) is 7.11. The number of carbonyl (C=O) groups excluding carboxylic acids is 1. The lowest BCUT2D eigenvalue weighted by Gasteiger charge is -2.41.